The van der Waals surface area contributed by atoms with Crippen molar-refractivity contribution in [1.29, 1.82) is 0 Å². The van der Waals surface area contributed by atoms with Gasteiger partial charge in [0, 0.05) is 17.3 Å². The number of ether oxygens (including phenoxy) is 3. The van der Waals surface area contributed by atoms with Gasteiger partial charge in [0.25, 0.3) is 5.91 Å². The van der Waals surface area contributed by atoms with Crippen LogP contribution in [0.1, 0.15) is 17.3 Å². The Morgan fingerprint density at radius 2 is 2.04 bits per heavy atom. The highest BCUT2D eigenvalue weighted by Crippen LogP contribution is 2.34. The van der Waals surface area contributed by atoms with Crippen LogP contribution in [-0.2, 0) is 0 Å². The zero-order valence-electron chi connectivity index (χ0n) is 12.8. The SMILES string of the molecule is C=C(C)COc1cccc(C(=O)Nc2ccc3c(c2)OCO3)c1. The highest BCUT2D eigenvalue weighted by molar-refractivity contribution is 6.04. The molecule has 0 radical (unpaired) electrons. The molecule has 1 N–H and O–H groups in total. The van der Waals surface area contributed by atoms with Gasteiger partial charge in [0.1, 0.15) is 12.4 Å². The maximum absolute atomic E-state index is 12.3. The third-order valence-electron chi connectivity index (χ3n) is 3.21. The Bertz CT molecular complexity index is 754. The molecule has 0 unspecified atom stereocenters. The van der Waals surface area contributed by atoms with Crippen molar-refractivity contribution in [2.45, 2.75) is 6.92 Å². The van der Waals surface area contributed by atoms with E-state index in [2.05, 4.69) is 11.9 Å². The number of fused-ring (bicyclic) bond motifs is 1. The molecular formula is C18H17NO4. The number of rotatable bonds is 5. The van der Waals surface area contributed by atoms with Gasteiger partial charge in [-0.2, -0.15) is 0 Å². The first kappa shape index (κ1) is 15.0. The first-order valence-corrected chi connectivity index (χ1v) is 7.20. The quantitative estimate of drug-likeness (QED) is 0.857. The number of nitrogens with one attached hydrogen (secondary N) is 1. The molecule has 2 aromatic carbocycles. The lowest BCUT2D eigenvalue weighted by molar-refractivity contribution is 0.102. The van der Waals surface area contributed by atoms with Crippen LogP contribution in [0.15, 0.2) is 54.6 Å². The lowest BCUT2D eigenvalue weighted by atomic mass is 10.2. The second-order valence-electron chi connectivity index (χ2n) is 5.30. The Hall–Kier alpha value is -2.95. The molecule has 1 aliphatic heterocycles. The van der Waals surface area contributed by atoms with Crippen molar-refractivity contribution in [1.82, 2.24) is 0 Å². The normalized spacial score (nSPS) is 11.9. The molecule has 1 heterocycles. The highest BCUT2D eigenvalue weighted by atomic mass is 16.7. The summed E-state index contributed by atoms with van der Waals surface area (Å²) >= 11 is 0. The first-order chi connectivity index (χ1) is 11.1. The van der Waals surface area contributed by atoms with E-state index in [1.807, 2.05) is 6.92 Å². The van der Waals surface area contributed by atoms with Crippen molar-refractivity contribution < 1.29 is 19.0 Å². The predicted molar refractivity (Wildman–Crippen MR) is 87.3 cm³/mol. The molecule has 1 amide bonds. The number of amides is 1. The van der Waals surface area contributed by atoms with E-state index >= 15 is 0 Å². The molecule has 3 rings (SSSR count). The van der Waals surface area contributed by atoms with Crippen LogP contribution in [0.4, 0.5) is 5.69 Å². The van der Waals surface area contributed by atoms with Gasteiger partial charge < -0.3 is 19.5 Å². The highest BCUT2D eigenvalue weighted by Gasteiger charge is 2.14. The van der Waals surface area contributed by atoms with Crippen molar-refractivity contribution in [2.24, 2.45) is 0 Å². The average Bonchev–Trinajstić information content (AvgIpc) is 3.01. The molecule has 0 aromatic heterocycles. The van der Waals surface area contributed by atoms with E-state index in [1.54, 1.807) is 42.5 Å². The fourth-order valence-electron chi connectivity index (χ4n) is 2.11. The Labute approximate surface area is 134 Å². The zero-order valence-corrected chi connectivity index (χ0v) is 12.8. The predicted octanol–water partition coefficient (Wildman–Crippen LogP) is 3.62. The second kappa shape index (κ2) is 6.44. The van der Waals surface area contributed by atoms with Gasteiger partial charge in [0.05, 0.1) is 0 Å². The largest absolute Gasteiger partial charge is 0.489 e. The molecule has 0 fully saturated rings. The number of anilines is 1. The molecule has 2 aromatic rings. The molecule has 1 aliphatic rings. The van der Waals surface area contributed by atoms with Crippen LogP contribution in [0, 0.1) is 0 Å². The van der Waals surface area contributed by atoms with Crippen molar-refractivity contribution in [3.8, 4) is 17.2 Å². The summed E-state index contributed by atoms with van der Waals surface area (Å²) in [4.78, 5) is 12.3. The van der Waals surface area contributed by atoms with Gasteiger partial charge in [0.2, 0.25) is 6.79 Å². The van der Waals surface area contributed by atoms with Crippen LogP contribution in [0.25, 0.3) is 0 Å². The molecule has 0 atom stereocenters. The first-order valence-electron chi connectivity index (χ1n) is 7.20. The molecule has 23 heavy (non-hydrogen) atoms. The maximum atomic E-state index is 12.3. The summed E-state index contributed by atoms with van der Waals surface area (Å²) in [7, 11) is 0. The summed E-state index contributed by atoms with van der Waals surface area (Å²) < 4.78 is 16.1. The summed E-state index contributed by atoms with van der Waals surface area (Å²) in [5, 5.41) is 2.83. The van der Waals surface area contributed by atoms with Crippen LogP contribution < -0.4 is 19.5 Å². The number of carbonyl (C=O) groups excluding carboxylic acids is 1. The Kier molecular flexibility index (Phi) is 4.19. The van der Waals surface area contributed by atoms with Gasteiger partial charge >= 0.3 is 0 Å². The van der Waals surface area contributed by atoms with Gasteiger partial charge in [-0.1, -0.05) is 12.6 Å². The van der Waals surface area contributed by atoms with Crippen LogP contribution in [-0.4, -0.2) is 19.3 Å². The Morgan fingerprint density at radius 1 is 1.22 bits per heavy atom. The molecule has 118 valence electrons. The Morgan fingerprint density at radius 3 is 2.87 bits per heavy atom. The zero-order chi connectivity index (χ0) is 16.2. The van der Waals surface area contributed by atoms with E-state index in [0.29, 0.717) is 35.1 Å². The summed E-state index contributed by atoms with van der Waals surface area (Å²) in [5.74, 6) is 1.72. The van der Waals surface area contributed by atoms with E-state index < -0.39 is 0 Å². The average molecular weight is 311 g/mol. The lowest BCUT2D eigenvalue weighted by Gasteiger charge is -2.09. The van der Waals surface area contributed by atoms with E-state index in [9.17, 15) is 4.79 Å². The van der Waals surface area contributed by atoms with Crippen molar-refractivity contribution in [3.63, 3.8) is 0 Å². The standard InChI is InChI=1S/C18H17NO4/c1-12(2)10-21-15-5-3-4-13(8-15)18(20)19-14-6-7-16-17(9-14)23-11-22-16/h3-9H,1,10-11H2,2H3,(H,19,20). The Balaban J connectivity index is 1.70. The molecule has 0 saturated heterocycles. The maximum Gasteiger partial charge on any atom is 0.255 e. The smallest absolute Gasteiger partial charge is 0.255 e. The third kappa shape index (κ3) is 3.63. The third-order valence-corrected chi connectivity index (χ3v) is 3.21. The molecule has 5 heteroatoms. The molecular weight excluding hydrogens is 294 g/mol. The molecule has 0 bridgehead atoms. The molecule has 0 spiro atoms. The topological polar surface area (TPSA) is 56.8 Å². The van der Waals surface area contributed by atoms with Crippen molar-refractivity contribution >= 4 is 11.6 Å². The summed E-state index contributed by atoms with van der Waals surface area (Å²) in [6.07, 6.45) is 0. The minimum Gasteiger partial charge on any atom is -0.489 e. The van der Waals surface area contributed by atoms with E-state index in [-0.39, 0.29) is 12.7 Å². The van der Waals surface area contributed by atoms with Crippen LogP contribution in [0.2, 0.25) is 0 Å². The van der Waals surface area contributed by atoms with Crippen LogP contribution in [0.5, 0.6) is 17.2 Å². The summed E-state index contributed by atoms with van der Waals surface area (Å²) in [6.45, 7) is 6.30. The van der Waals surface area contributed by atoms with Crippen LogP contribution in [0.3, 0.4) is 0 Å². The fourth-order valence-corrected chi connectivity index (χ4v) is 2.11. The van der Waals surface area contributed by atoms with Crippen molar-refractivity contribution in [3.05, 3.63) is 60.2 Å². The summed E-state index contributed by atoms with van der Waals surface area (Å²) in [5.41, 5.74) is 2.08. The van der Waals surface area contributed by atoms with E-state index in [4.69, 9.17) is 14.2 Å². The van der Waals surface area contributed by atoms with Crippen LogP contribution >= 0.6 is 0 Å². The number of benzene rings is 2. The molecule has 5 nitrogen and oxygen atoms in total. The monoisotopic (exact) mass is 311 g/mol. The van der Waals surface area contributed by atoms with Gasteiger partial charge in [-0.05, 0) is 42.8 Å². The van der Waals surface area contributed by atoms with Gasteiger partial charge in [-0.15, -0.1) is 0 Å². The van der Waals surface area contributed by atoms with Gasteiger partial charge in [-0.3, -0.25) is 4.79 Å². The van der Waals surface area contributed by atoms with Gasteiger partial charge in [-0.25, -0.2) is 0 Å². The van der Waals surface area contributed by atoms with Crippen molar-refractivity contribution in [2.75, 3.05) is 18.7 Å². The number of carbonyl (C=O) groups is 1. The molecule has 0 saturated carbocycles. The summed E-state index contributed by atoms with van der Waals surface area (Å²) in [6, 6.07) is 12.3. The lowest BCUT2D eigenvalue weighted by Crippen LogP contribution is -2.12. The fraction of sp³-hybridized carbons (Fsp3) is 0.167. The second-order valence-corrected chi connectivity index (χ2v) is 5.30. The number of hydrogen-bond donors (Lipinski definition) is 1. The minimum atomic E-state index is -0.218. The van der Waals surface area contributed by atoms with E-state index in [0.717, 1.165) is 5.57 Å². The van der Waals surface area contributed by atoms with Gasteiger partial charge in [0.15, 0.2) is 11.5 Å². The molecule has 0 aliphatic carbocycles. The minimum absolute atomic E-state index is 0.203. The number of hydrogen-bond acceptors (Lipinski definition) is 4. The van der Waals surface area contributed by atoms with E-state index in [1.165, 1.54) is 0 Å².